The van der Waals surface area contributed by atoms with Crippen LogP contribution in [0.4, 0.5) is 0 Å². The standard InChI is InChI=1S/C14H20N2O3S/c1-12(2)11-19-9-5-8-16-20(17,18)14-7-4-3-6-13(14)10-15/h3-4,6-7,12,16H,5,8-9,11H2,1-2H3. The smallest absolute Gasteiger partial charge is 0.241 e. The number of nitrogens with one attached hydrogen (secondary N) is 1. The third kappa shape index (κ3) is 5.29. The Bertz CT molecular complexity index is 562. The lowest BCUT2D eigenvalue weighted by molar-refractivity contribution is 0.108. The zero-order valence-corrected chi connectivity index (χ0v) is 12.6. The van der Waals surface area contributed by atoms with Gasteiger partial charge < -0.3 is 4.74 Å². The number of rotatable bonds is 8. The van der Waals surface area contributed by atoms with Crippen LogP contribution in [0.1, 0.15) is 25.8 Å². The molecular weight excluding hydrogens is 276 g/mol. The Morgan fingerprint density at radius 3 is 2.70 bits per heavy atom. The van der Waals surface area contributed by atoms with Gasteiger partial charge in [-0.15, -0.1) is 0 Å². The van der Waals surface area contributed by atoms with Crippen LogP contribution in [-0.4, -0.2) is 28.2 Å². The Hall–Kier alpha value is -1.42. The van der Waals surface area contributed by atoms with Crippen LogP contribution in [0.15, 0.2) is 29.2 Å². The van der Waals surface area contributed by atoms with Crippen molar-refractivity contribution < 1.29 is 13.2 Å². The highest BCUT2D eigenvalue weighted by atomic mass is 32.2. The van der Waals surface area contributed by atoms with Gasteiger partial charge in [0, 0.05) is 19.8 Å². The molecule has 0 heterocycles. The quantitative estimate of drug-likeness (QED) is 0.743. The highest BCUT2D eigenvalue weighted by Gasteiger charge is 2.17. The molecule has 6 heteroatoms. The van der Waals surface area contributed by atoms with Gasteiger partial charge in [0.15, 0.2) is 0 Å². The molecule has 0 spiro atoms. The van der Waals surface area contributed by atoms with Crippen LogP contribution < -0.4 is 4.72 Å². The predicted molar refractivity (Wildman–Crippen MR) is 76.6 cm³/mol. The van der Waals surface area contributed by atoms with Crippen molar-refractivity contribution in [3.63, 3.8) is 0 Å². The largest absolute Gasteiger partial charge is 0.381 e. The summed E-state index contributed by atoms with van der Waals surface area (Å²) in [5.41, 5.74) is 0.149. The summed E-state index contributed by atoms with van der Waals surface area (Å²) in [6.45, 7) is 5.59. The van der Waals surface area contributed by atoms with Gasteiger partial charge in [-0.2, -0.15) is 5.26 Å². The SMILES string of the molecule is CC(C)COCCCNS(=O)(=O)c1ccccc1C#N. The molecule has 1 aromatic carbocycles. The van der Waals surface area contributed by atoms with Crippen molar-refractivity contribution in [3.05, 3.63) is 29.8 Å². The Morgan fingerprint density at radius 1 is 1.35 bits per heavy atom. The number of sulfonamides is 1. The summed E-state index contributed by atoms with van der Waals surface area (Å²) in [5.74, 6) is 0.467. The molecule has 0 saturated heterocycles. The molecule has 1 rings (SSSR count). The summed E-state index contributed by atoms with van der Waals surface area (Å²) in [5, 5.41) is 8.91. The minimum Gasteiger partial charge on any atom is -0.381 e. The molecule has 110 valence electrons. The zero-order valence-electron chi connectivity index (χ0n) is 11.8. The van der Waals surface area contributed by atoms with E-state index in [4.69, 9.17) is 10.00 Å². The summed E-state index contributed by atoms with van der Waals surface area (Å²) in [6.07, 6.45) is 0.598. The number of ether oxygens (including phenoxy) is 1. The monoisotopic (exact) mass is 296 g/mol. The van der Waals surface area contributed by atoms with Gasteiger partial charge >= 0.3 is 0 Å². The lowest BCUT2D eigenvalue weighted by atomic mass is 10.2. The van der Waals surface area contributed by atoms with Gasteiger partial charge in [-0.1, -0.05) is 26.0 Å². The van der Waals surface area contributed by atoms with E-state index >= 15 is 0 Å². The lowest BCUT2D eigenvalue weighted by Crippen LogP contribution is -2.26. The van der Waals surface area contributed by atoms with E-state index in [1.165, 1.54) is 12.1 Å². The van der Waals surface area contributed by atoms with Crippen LogP contribution in [-0.2, 0) is 14.8 Å². The summed E-state index contributed by atoms with van der Waals surface area (Å²) in [7, 11) is -3.63. The van der Waals surface area contributed by atoms with Crippen molar-refractivity contribution in [2.75, 3.05) is 19.8 Å². The Kier molecular flexibility index (Phi) is 6.65. The molecule has 0 unspecified atom stereocenters. The van der Waals surface area contributed by atoms with Gasteiger partial charge in [0.2, 0.25) is 10.0 Å². The minimum atomic E-state index is -3.63. The number of nitrogens with zero attached hydrogens (tertiary/aromatic N) is 1. The molecule has 0 aromatic heterocycles. The van der Waals surface area contributed by atoms with Crippen LogP contribution in [0.2, 0.25) is 0 Å². The van der Waals surface area contributed by atoms with Crippen LogP contribution >= 0.6 is 0 Å². The van der Waals surface area contributed by atoms with Gasteiger partial charge in [-0.25, -0.2) is 13.1 Å². The lowest BCUT2D eigenvalue weighted by Gasteiger charge is -2.09. The van der Waals surface area contributed by atoms with E-state index in [1.54, 1.807) is 12.1 Å². The van der Waals surface area contributed by atoms with Gasteiger partial charge in [-0.3, -0.25) is 0 Å². The number of hydrogen-bond acceptors (Lipinski definition) is 4. The summed E-state index contributed by atoms with van der Waals surface area (Å²) < 4.78 is 32.0. The van der Waals surface area contributed by atoms with E-state index < -0.39 is 10.0 Å². The van der Waals surface area contributed by atoms with Crippen molar-refractivity contribution in [2.24, 2.45) is 5.92 Å². The molecule has 1 N–H and O–H groups in total. The van der Waals surface area contributed by atoms with E-state index in [-0.39, 0.29) is 10.5 Å². The molecule has 0 aliphatic rings. The maximum absolute atomic E-state index is 12.0. The van der Waals surface area contributed by atoms with Crippen molar-refractivity contribution in [2.45, 2.75) is 25.2 Å². The molecule has 0 saturated carbocycles. The molecule has 0 fully saturated rings. The summed E-state index contributed by atoms with van der Waals surface area (Å²) >= 11 is 0. The minimum absolute atomic E-state index is 0.0191. The van der Waals surface area contributed by atoms with Crippen LogP contribution in [0.5, 0.6) is 0 Å². The molecular formula is C14H20N2O3S. The van der Waals surface area contributed by atoms with Crippen LogP contribution in [0.25, 0.3) is 0 Å². The maximum atomic E-state index is 12.0. The van der Waals surface area contributed by atoms with Gasteiger partial charge in [0.1, 0.15) is 6.07 Å². The van der Waals surface area contributed by atoms with E-state index in [0.29, 0.717) is 32.1 Å². The Balaban J connectivity index is 2.49. The third-order valence-corrected chi connectivity index (χ3v) is 4.02. The number of nitriles is 1. The Morgan fingerprint density at radius 2 is 2.05 bits per heavy atom. The third-order valence-electron chi connectivity index (χ3n) is 2.51. The van der Waals surface area contributed by atoms with E-state index in [9.17, 15) is 8.42 Å². The molecule has 20 heavy (non-hydrogen) atoms. The molecule has 0 aliphatic heterocycles. The first-order valence-electron chi connectivity index (χ1n) is 6.54. The first kappa shape index (κ1) is 16.6. The topological polar surface area (TPSA) is 79.2 Å². The number of hydrogen-bond donors (Lipinski definition) is 1. The van der Waals surface area contributed by atoms with E-state index in [1.807, 2.05) is 6.07 Å². The Labute approximate surface area is 120 Å². The highest BCUT2D eigenvalue weighted by molar-refractivity contribution is 7.89. The fourth-order valence-electron chi connectivity index (χ4n) is 1.57. The second-order valence-electron chi connectivity index (χ2n) is 4.83. The predicted octanol–water partition coefficient (Wildman–Crippen LogP) is 1.90. The van der Waals surface area contributed by atoms with Gasteiger partial charge in [-0.05, 0) is 24.5 Å². The molecule has 0 bridgehead atoms. The maximum Gasteiger partial charge on any atom is 0.241 e. The van der Waals surface area contributed by atoms with E-state index in [0.717, 1.165) is 0 Å². The molecule has 0 aliphatic carbocycles. The first-order valence-corrected chi connectivity index (χ1v) is 8.02. The van der Waals surface area contributed by atoms with E-state index in [2.05, 4.69) is 18.6 Å². The van der Waals surface area contributed by atoms with Gasteiger partial charge in [0.05, 0.1) is 10.5 Å². The summed E-state index contributed by atoms with van der Waals surface area (Å²) in [6, 6.07) is 8.03. The highest BCUT2D eigenvalue weighted by Crippen LogP contribution is 2.13. The molecule has 5 nitrogen and oxygen atoms in total. The van der Waals surface area contributed by atoms with Gasteiger partial charge in [0.25, 0.3) is 0 Å². The fourth-order valence-corrected chi connectivity index (χ4v) is 2.80. The molecule has 0 radical (unpaired) electrons. The zero-order chi connectivity index (χ0) is 15.0. The average molecular weight is 296 g/mol. The van der Waals surface area contributed by atoms with Crippen molar-refractivity contribution >= 4 is 10.0 Å². The summed E-state index contributed by atoms with van der Waals surface area (Å²) in [4.78, 5) is 0.0191. The molecule has 0 amide bonds. The first-order chi connectivity index (χ1) is 9.47. The normalized spacial score (nSPS) is 11.5. The fraction of sp³-hybridized carbons (Fsp3) is 0.500. The van der Waals surface area contributed by atoms with Crippen molar-refractivity contribution in [1.29, 1.82) is 5.26 Å². The number of benzene rings is 1. The van der Waals surface area contributed by atoms with Crippen LogP contribution in [0.3, 0.4) is 0 Å². The van der Waals surface area contributed by atoms with Crippen LogP contribution in [0, 0.1) is 17.2 Å². The van der Waals surface area contributed by atoms with Crippen molar-refractivity contribution in [1.82, 2.24) is 4.72 Å². The second-order valence-corrected chi connectivity index (χ2v) is 6.56. The average Bonchev–Trinajstić information content (AvgIpc) is 2.42. The van der Waals surface area contributed by atoms with Crippen molar-refractivity contribution in [3.8, 4) is 6.07 Å². The second kappa shape index (κ2) is 8.00. The molecule has 0 atom stereocenters. The molecule has 1 aromatic rings.